The Morgan fingerprint density at radius 2 is 2.00 bits per heavy atom. The molecule has 0 aromatic heterocycles. The molecule has 0 saturated carbocycles. The van der Waals surface area contributed by atoms with Gasteiger partial charge in [0.25, 0.3) is 0 Å². The molecular weight excluding hydrogens is 236 g/mol. The SMILES string of the molecule is CCOCCCNC(=O)N[C@H](C(=O)O)[C@@H](C)CC. The lowest BCUT2D eigenvalue weighted by molar-refractivity contribution is -0.140. The largest absolute Gasteiger partial charge is 0.480 e. The smallest absolute Gasteiger partial charge is 0.326 e. The van der Waals surface area contributed by atoms with E-state index in [-0.39, 0.29) is 5.92 Å². The predicted octanol–water partition coefficient (Wildman–Crippen LogP) is 1.21. The molecule has 0 unspecified atom stereocenters. The van der Waals surface area contributed by atoms with Crippen molar-refractivity contribution in [2.75, 3.05) is 19.8 Å². The number of ether oxygens (including phenoxy) is 1. The van der Waals surface area contributed by atoms with Gasteiger partial charge in [-0.2, -0.15) is 0 Å². The molecule has 0 fully saturated rings. The van der Waals surface area contributed by atoms with Gasteiger partial charge in [-0.15, -0.1) is 0 Å². The average molecular weight is 260 g/mol. The number of aliphatic carboxylic acids is 1. The van der Waals surface area contributed by atoms with Crippen LogP contribution in [0.4, 0.5) is 4.79 Å². The monoisotopic (exact) mass is 260 g/mol. The number of carbonyl (C=O) groups excluding carboxylic acids is 1. The maximum absolute atomic E-state index is 11.5. The van der Waals surface area contributed by atoms with Gasteiger partial charge in [0.1, 0.15) is 6.04 Å². The summed E-state index contributed by atoms with van der Waals surface area (Å²) in [4.78, 5) is 22.5. The first-order valence-corrected chi connectivity index (χ1v) is 6.37. The summed E-state index contributed by atoms with van der Waals surface area (Å²) in [5.74, 6) is -1.11. The number of urea groups is 1. The third kappa shape index (κ3) is 7.11. The Hall–Kier alpha value is -1.30. The van der Waals surface area contributed by atoms with E-state index in [2.05, 4.69) is 10.6 Å². The van der Waals surface area contributed by atoms with Gasteiger partial charge < -0.3 is 20.5 Å². The van der Waals surface area contributed by atoms with E-state index in [4.69, 9.17) is 9.84 Å². The summed E-state index contributed by atoms with van der Waals surface area (Å²) in [6, 6.07) is -1.29. The molecule has 3 N–H and O–H groups in total. The van der Waals surface area contributed by atoms with Crippen LogP contribution < -0.4 is 10.6 Å². The highest BCUT2D eigenvalue weighted by Gasteiger charge is 2.24. The lowest BCUT2D eigenvalue weighted by atomic mass is 9.99. The van der Waals surface area contributed by atoms with Crippen LogP contribution in [-0.2, 0) is 9.53 Å². The molecule has 2 atom stereocenters. The average Bonchev–Trinajstić information content (AvgIpc) is 2.34. The summed E-state index contributed by atoms with van der Waals surface area (Å²) < 4.78 is 5.12. The Morgan fingerprint density at radius 3 is 2.50 bits per heavy atom. The normalized spacial score (nSPS) is 13.7. The van der Waals surface area contributed by atoms with Gasteiger partial charge in [-0.25, -0.2) is 9.59 Å². The fourth-order valence-corrected chi connectivity index (χ4v) is 1.40. The fraction of sp³-hybridized carbons (Fsp3) is 0.833. The number of carboxylic acid groups (broad SMARTS) is 1. The van der Waals surface area contributed by atoms with Crippen LogP contribution >= 0.6 is 0 Å². The van der Waals surface area contributed by atoms with Crippen LogP contribution in [0.2, 0.25) is 0 Å². The minimum atomic E-state index is -1.01. The van der Waals surface area contributed by atoms with Crippen molar-refractivity contribution >= 4 is 12.0 Å². The van der Waals surface area contributed by atoms with Crippen LogP contribution in [0.1, 0.15) is 33.6 Å². The zero-order valence-corrected chi connectivity index (χ0v) is 11.4. The minimum absolute atomic E-state index is 0.100. The van der Waals surface area contributed by atoms with Gasteiger partial charge >= 0.3 is 12.0 Å². The molecule has 6 heteroatoms. The van der Waals surface area contributed by atoms with E-state index in [0.717, 1.165) is 0 Å². The van der Waals surface area contributed by atoms with E-state index in [1.807, 2.05) is 13.8 Å². The topological polar surface area (TPSA) is 87.7 Å². The number of nitrogens with one attached hydrogen (secondary N) is 2. The number of hydrogen-bond acceptors (Lipinski definition) is 3. The second-order valence-electron chi connectivity index (χ2n) is 4.15. The first-order chi connectivity index (χ1) is 8.52. The van der Waals surface area contributed by atoms with Gasteiger partial charge in [0.2, 0.25) is 0 Å². The van der Waals surface area contributed by atoms with E-state index < -0.39 is 18.0 Å². The van der Waals surface area contributed by atoms with Crippen molar-refractivity contribution < 1.29 is 19.4 Å². The first-order valence-electron chi connectivity index (χ1n) is 6.37. The van der Waals surface area contributed by atoms with E-state index in [1.54, 1.807) is 6.92 Å². The maximum atomic E-state index is 11.5. The van der Waals surface area contributed by atoms with Gasteiger partial charge in [-0.1, -0.05) is 20.3 Å². The molecule has 0 saturated heterocycles. The summed E-state index contributed by atoms with van der Waals surface area (Å²) in [5.41, 5.74) is 0. The van der Waals surface area contributed by atoms with Gasteiger partial charge in [0.15, 0.2) is 0 Å². The molecule has 0 aromatic carbocycles. The Bertz CT molecular complexity index is 258. The fourth-order valence-electron chi connectivity index (χ4n) is 1.40. The molecule has 0 heterocycles. The van der Waals surface area contributed by atoms with Gasteiger partial charge in [-0.05, 0) is 19.3 Å². The molecule has 0 spiro atoms. The highest BCUT2D eigenvalue weighted by atomic mass is 16.5. The molecule has 0 aromatic rings. The van der Waals surface area contributed by atoms with Crippen LogP contribution in [0.25, 0.3) is 0 Å². The van der Waals surface area contributed by atoms with Crippen LogP contribution in [0.3, 0.4) is 0 Å². The van der Waals surface area contributed by atoms with Crippen molar-refractivity contribution in [1.82, 2.24) is 10.6 Å². The highest BCUT2D eigenvalue weighted by Crippen LogP contribution is 2.07. The summed E-state index contributed by atoms with van der Waals surface area (Å²) in [6.07, 6.45) is 1.41. The molecule has 106 valence electrons. The standard InChI is InChI=1S/C12H24N2O4/c1-4-9(3)10(11(15)16)14-12(17)13-7-6-8-18-5-2/h9-10H,4-8H2,1-3H3,(H,15,16)(H2,13,14,17)/t9-,10-/m0/s1. The Kier molecular flexibility index (Phi) is 9.00. The summed E-state index contributed by atoms with van der Waals surface area (Å²) in [7, 11) is 0. The summed E-state index contributed by atoms with van der Waals surface area (Å²) in [5, 5.41) is 14.1. The Labute approximate surface area is 108 Å². The second kappa shape index (κ2) is 9.70. The Balaban J connectivity index is 3.92. The molecule has 0 aliphatic heterocycles. The van der Waals surface area contributed by atoms with Crippen molar-refractivity contribution in [2.45, 2.75) is 39.7 Å². The van der Waals surface area contributed by atoms with E-state index in [9.17, 15) is 9.59 Å². The molecule has 0 aliphatic rings. The van der Waals surface area contributed by atoms with Gasteiger partial charge in [0.05, 0.1) is 0 Å². The number of carbonyl (C=O) groups is 2. The van der Waals surface area contributed by atoms with Gasteiger partial charge in [-0.3, -0.25) is 0 Å². The molecule has 2 amide bonds. The maximum Gasteiger partial charge on any atom is 0.326 e. The molecule has 0 radical (unpaired) electrons. The van der Waals surface area contributed by atoms with Crippen molar-refractivity contribution in [3.8, 4) is 0 Å². The molecule has 0 aliphatic carbocycles. The van der Waals surface area contributed by atoms with Gasteiger partial charge in [0, 0.05) is 19.8 Å². The van der Waals surface area contributed by atoms with Crippen molar-refractivity contribution in [1.29, 1.82) is 0 Å². The van der Waals surface area contributed by atoms with Crippen LogP contribution in [-0.4, -0.2) is 42.9 Å². The number of hydrogen-bond donors (Lipinski definition) is 3. The molecular formula is C12H24N2O4. The number of amides is 2. The molecule has 0 bridgehead atoms. The third-order valence-corrected chi connectivity index (χ3v) is 2.72. The molecule has 0 rings (SSSR count). The van der Waals surface area contributed by atoms with Crippen LogP contribution in [0.15, 0.2) is 0 Å². The second-order valence-corrected chi connectivity index (χ2v) is 4.15. The zero-order valence-electron chi connectivity index (χ0n) is 11.4. The lowest BCUT2D eigenvalue weighted by Gasteiger charge is -2.20. The van der Waals surface area contributed by atoms with Crippen molar-refractivity contribution in [2.24, 2.45) is 5.92 Å². The Morgan fingerprint density at radius 1 is 1.33 bits per heavy atom. The number of rotatable bonds is 9. The summed E-state index contributed by atoms with van der Waals surface area (Å²) in [6.45, 7) is 7.31. The van der Waals surface area contributed by atoms with E-state index in [1.165, 1.54) is 0 Å². The lowest BCUT2D eigenvalue weighted by Crippen LogP contribution is -2.49. The van der Waals surface area contributed by atoms with Crippen LogP contribution in [0, 0.1) is 5.92 Å². The number of carboxylic acids is 1. The minimum Gasteiger partial charge on any atom is -0.480 e. The quantitative estimate of drug-likeness (QED) is 0.544. The predicted molar refractivity (Wildman–Crippen MR) is 68.5 cm³/mol. The van der Waals surface area contributed by atoms with Crippen molar-refractivity contribution in [3.63, 3.8) is 0 Å². The zero-order chi connectivity index (χ0) is 14.0. The first kappa shape index (κ1) is 16.7. The van der Waals surface area contributed by atoms with E-state index >= 15 is 0 Å². The van der Waals surface area contributed by atoms with Crippen LogP contribution in [0.5, 0.6) is 0 Å². The summed E-state index contributed by atoms with van der Waals surface area (Å²) >= 11 is 0. The third-order valence-electron chi connectivity index (χ3n) is 2.72. The molecule has 18 heavy (non-hydrogen) atoms. The van der Waals surface area contributed by atoms with E-state index in [0.29, 0.717) is 32.6 Å². The van der Waals surface area contributed by atoms with Crippen molar-refractivity contribution in [3.05, 3.63) is 0 Å². The highest BCUT2D eigenvalue weighted by molar-refractivity contribution is 5.82. The molecule has 6 nitrogen and oxygen atoms in total.